The summed E-state index contributed by atoms with van der Waals surface area (Å²) in [5.41, 5.74) is 3.32. The van der Waals surface area contributed by atoms with Crippen LogP contribution in [-0.4, -0.2) is 42.1 Å². The van der Waals surface area contributed by atoms with Crippen molar-refractivity contribution in [1.82, 2.24) is 25.0 Å². The lowest BCUT2D eigenvalue weighted by Gasteiger charge is -2.13. The third-order valence-corrected chi connectivity index (χ3v) is 5.63. The van der Waals surface area contributed by atoms with Crippen molar-refractivity contribution in [3.05, 3.63) is 47.3 Å². The van der Waals surface area contributed by atoms with E-state index in [0.29, 0.717) is 35.4 Å². The first kappa shape index (κ1) is 20.3. The fraction of sp³-hybridized carbons (Fsp3) is 0.350. The van der Waals surface area contributed by atoms with Crippen LogP contribution in [0.2, 0.25) is 0 Å². The maximum atomic E-state index is 12.3. The first-order valence-electron chi connectivity index (χ1n) is 9.74. The second kappa shape index (κ2) is 8.04. The van der Waals surface area contributed by atoms with Crippen LogP contribution in [0.3, 0.4) is 0 Å². The molecular formula is C20H23N5O4S. The monoisotopic (exact) mass is 429 g/mol. The maximum absolute atomic E-state index is 12.3. The number of aromatic amines is 1. The minimum absolute atomic E-state index is 0.221. The lowest BCUT2D eigenvalue weighted by atomic mass is 10.1. The second-order valence-electron chi connectivity index (χ2n) is 7.31. The van der Waals surface area contributed by atoms with E-state index < -0.39 is 10.0 Å². The molecule has 9 nitrogen and oxygen atoms in total. The van der Waals surface area contributed by atoms with Crippen LogP contribution in [0.25, 0.3) is 11.2 Å². The highest BCUT2D eigenvalue weighted by molar-refractivity contribution is 7.88. The molecule has 1 amide bonds. The number of aryl methyl sites for hydroxylation is 1. The number of ether oxygens (including phenoxy) is 1. The lowest BCUT2D eigenvalue weighted by Crippen LogP contribution is -2.25. The molecule has 1 aromatic carbocycles. The van der Waals surface area contributed by atoms with Crippen molar-refractivity contribution in [3.8, 4) is 11.6 Å². The molecule has 1 atom stereocenters. The largest absolute Gasteiger partial charge is 0.437 e. The topological polar surface area (TPSA) is 126 Å². The van der Waals surface area contributed by atoms with Crippen molar-refractivity contribution in [2.24, 2.45) is 0 Å². The Balaban J connectivity index is 1.59. The van der Waals surface area contributed by atoms with Gasteiger partial charge in [0.1, 0.15) is 11.3 Å². The van der Waals surface area contributed by atoms with E-state index in [1.165, 1.54) is 6.20 Å². The predicted molar refractivity (Wildman–Crippen MR) is 112 cm³/mol. The van der Waals surface area contributed by atoms with E-state index in [4.69, 9.17) is 4.74 Å². The van der Waals surface area contributed by atoms with Gasteiger partial charge in [-0.1, -0.05) is 13.0 Å². The number of rotatable bonds is 7. The molecule has 3 N–H and O–H groups in total. The Hall–Kier alpha value is -2.98. The molecule has 0 radical (unpaired) electrons. The van der Waals surface area contributed by atoms with E-state index in [9.17, 15) is 13.2 Å². The number of nitrogens with zero attached hydrogens (tertiary/aromatic N) is 2. The molecule has 2 aromatic heterocycles. The Morgan fingerprint density at radius 1 is 1.37 bits per heavy atom. The number of carbonyl (C=O) groups is 1. The average molecular weight is 430 g/mol. The smallest absolute Gasteiger partial charge is 0.255 e. The van der Waals surface area contributed by atoms with E-state index in [-0.39, 0.29) is 17.8 Å². The molecule has 0 saturated carbocycles. The van der Waals surface area contributed by atoms with Crippen LogP contribution < -0.4 is 14.8 Å². The van der Waals surface area contributed by atoms with Gasteiger partial charge in [-0.2, -0.15) is 0 Å². The Labute approximate surface area is 174 Å². The Kier molecular flexibility index (Phi) is 5.44. The van der Waals surface area contributed by atoms with Crippen molar-refractivity contribution >= 4 is 27.1 Å². The third-order valence-electron chi connectivity index (χ3n) is 4.91. The molecule has 0 spiro atoms. The lowest BCUT2D eigenvalue weighted by molar-refractivity contribution is 0.0955. The number of fused-ring (bicyclic) bond motifs is 2. The van der Waals surface area contributed by atoms with Crippen molar-refractivity contribution in [2.75, 3.05) is 12.8 Å². The van der Waals surface area contributed by atoms with Gasteiger partial charge < -0.3 is 15.0 Å². The zero-order valence-corrected chi connectivity index (χ0v) is 17.5. The molecule has 4 rings (SSSR count). The number of nitrogens with one attached hydrogen (secondary N) is 3. The number of hydrogen-bond donors (Lipinski definition) is 3. The van der Waals surface area contributed by atoms with Gasteiger partial charge in [-0.25, -0.2) is 23.1 Å². The number of H-pyrrole nitrogens is 1. The summed E-state index contributed by atoms with van der Waals surface area (Å²) in [7, 11) is -3.31. The molecule has 0 unspecified atom stereocenters. The maximum Gasteiger partial charge on any atom is 0.255 e. The molecule has 158 valence electrons. The molecule has 0 fully saturated rings. The normalized spacial score (nSPS) is 15.9. The second-order valence-corrected chi connectivity index (χ2v) is 9.09. The van der Waals surface area contributed by atoms with E-state index in [0.717, 1.165) is 30.2 Å². The zero-order chi connectivity index (χ0) is 21.3. The van der Waals surface area contributed by atoms with Gasteiger partial charge in [0.2, 0.25) is 15.9 Å². The number of carbonyl (C=O) groups excluding carboxylic acids is 1. The molecule has 1 aliphatic carbocycles. The minimum Gasteiger partial charge on any atom is -0.437 e. The molecule has 2 heterocycles. The molecule has 10 heteroatoms. The summed E-state index contributed by atoms with van der Waals surface area (Å²) in [5.74, 6) is 0.552. The first-order chi connectivity index (χ1) is 14.3. The standard InChI is InChI=1S/C20H23N5O4S/c1-3-8-21-20(26)15-10-22-19-18(15)24-17(11-23-19)29-13-6-4-12-5-7-16(14(12)9-13)25-30(2,27)28/h4,6,9-11,16,25H,3,5,7-8H2,1-2H3,(H,21,26)(H,22,23)/t16-/m1/s1. The summed E-state index contributed by atoms with van der Waals surface area (Å²) in [6, 6.07) is 5.30. The van der Waals surface area contributed by atoms with Crippen LogP contribution in [0.15, 0.2) is 30.6 Å². The van der Waals surface area contributed by atoms with Crippen molar-refractivity contribution < 1.29 is 17.9 Å². The number of hydrogen-bond acceptors (Lipinski definition) is 6. The Morgan fingerprint density at radius 2 is 2.20 bits per heavy atom. The van der Waals surface area contributed by atoms with Gasteiger partial charge >= 0.3 is 0 Å². The number of amides is 1. The summed E-state index contributed by atoms with van der Waals surface area (Å²) in [6.07, 6.45) is 6.55. The van der Waals surface area contributed by atoms with E-state index in [1.807, 2.05) is 25.1 Å². The molecule has 0 aliphatic heterocycles. The van der Waals surface area contributed by atoms with Crippen molar-refractivity contribution in [3.63, 3.8) is 0 Å². The van der Waals surface area contributed by atoms with Crippen LogP contribution in [0, 0.1) is 0 Å². The quantitative estimate of drug-likeness (QED) is 0.530. The first-order valence-corrected chi connectivity index (χ1v) is 11.6. The Bertz CT molecular complexity index is 1210. The summed E-state index contributed by atoms with van der Waals surface area (Å²) in [4.78, 5) is 24.0. The number of aromatic nitrogens is 3. The van der Waals surface area contributed by atoms with Crippen LogP contribution in [0.4, 0.5) is 0 Å². The third kappa shape index (κ3) is 4.29. The van der Waals surface area contributed by atoms with Gasteiger partial charge in [-0.05, 0) is 42.5 Å². The van der Waals surface area contributed by atoms with Gasteiger partial charge in [0.25, 0.3) is 5.91 Å². The fourth-order valence-corrected chi connectivity index (χ4v) is 4.34. The molecular weight excluding hydrogens is 406 g/mol. The fourth-order valence-electron chi connectivity index (χ4n) is 3.58. The van der Waals surface area contributed by atoms with E-state index >= 15 is 0 Å². The molecule has 1 aliphatic rings. The SMILES string of the molecule is CCCNC(=O)c1c[nH]c2ncc(Oc3ccc4c(c3)[C@H](NS(C)(=O)=O)CC4)nc12. The summed E-state index contributed by atoms with van der Waals surface area (Å²) in [5, 5.41) is 2.82. The molecule has 0 bridgehead atoms. The van der Waals surface area contributed by atoms with Gasteiger partial charge in [-0.15, -0.1) is 0 Å². The predicted octanol–water partition coefficient (Wildman–Crippen LogP) is 2.43. The summed E-state index contributed by atoms with van der Waals surface area (Å²) < 4.78 is 31.8. The van der Waals surface area contributed by atoms with E-state index in [1.54, 1.807) is 6.20 Å². The van der Waals surface area contributed by atoms with Crippen molar-refractivity contribution in [1.29, 1.82) is 0 Å². The molecule has 3 aromatic rings. The van der Waals surface area contributed by atoms with Gasteiger partial charge in [-0.3, -0.25) is 4.79 Å². The van der Waals surface area contributed by atoms with Crippen LogP contribution in [0.5, 0.6) is 11.6 Å². The molecule has 0 saturated heterocycles. The zero-order valence-electron chi connectivity index (χ0n) is 16.7. The summed E-state index contributed by atoms with van der Waals surface area (Å²) in [6.45, 7) is 2.56. The van der Waals surface area contributed by atoms with Crippen LogP contribution in [-0.2, 0) is 16.4 Å². The van der Waals surface area contributed by atoms with Crippen LogP contribution in [0.1, 0.15) is 47.3 Å². The van der Waals surface area contributed by atoms with Crippen molar-refractivity contribution in [2.45, 2.75) is 32.2 Å². The van der Waals surface area contributed by atoms with Gasteiger partial charge in [0, 0.05) is 18.8 Å². The van der Waals surface area contributed by atoms with Gasteiger partial charge in [0.05, 0.1) is 18.0 Å². The Morgan fingerprint density at radius 3 is 2.97 bits per heavy atom. The number of sulfonamides is 1. The van der Waals surface area contributed by atoms with Gasteiger partial charge in [0.15, 0.2) is 5.65 Å². The van der Waals surface area contributed by atoms with E-state index in [2.05, 4.69) is 25.0 Å². The number of benzene rings is 1. The highest BCUT2D eigenvalue weighted by Gasteiger charge is 2.25. The van der Waals surface area contributed by atoms with Crippen LogP contribution >= 0.6 is 0 Å². The minimum atomic E-state index is -3.31. The highest BCUT2D eigenvalue weighted by Crippen LogP contribution is 2.35. The highest BCUT2D eigenvalue weighted by atomic mass is 32.2. The summed E-state index contributed by atoms with van der Waals surface area (Å²) >= 11 is 0. The average Bonchev–Trinajstić information content (AvgIpc) is 3.29. The molecule has 30 heavy (non-hydrogen) atoms.